The van der Waals surface area contributed by atoms with Crippen LogP contribution < -0.4 is 4.74 Å². The van der Waals surface area contributed by atoms with Gasteiger partial charge in [0.25, 0.3) is 0 Å². The molecule has 0 fully saturated rings. The van der Waals surface area contributed by atoms with Crippen LogP contribution in [0.3, 0.4) is 0 Å². The average Bonchev–Trinajstić information content (AvgIpc) is 3.24. The summed E-state index contributed by atoms with van der Waals surface area (Å²) in [5.74, 6) is -0.453. The highest BCUT2D eigenvalue weighted by molar-refractivity contribution is 7.89. The van der Waals surface area contributed by atoms with Crippen molar-refractivity contribution >= 4 is 22.0 Å². The van der Waals surface area contributed by atoms with Crippen LogP contribution in [0.25, 0.3) is 0 Å². The van der Waals surface area contributed by atoms with Gasteiger partial charge in [-0.2, -0.15) is 4.31 Å². The standard InChI is InChI=1S/C26H31NO7S/c1-5-33-25(28)16-15-23-22(26(29)34-6-2)17-24(19-9-11-20(32-4)12-10-19)27(23)35(30,31)21-13-7-18(3)8-14-21/h7-14,17,23-24H,5-6,15-16H2,1-4H3/t23-,24-/m0/s1. The van der Waals surface area contributed by atoms with E-state index in [1.54, 1.807) is 75.6 Å². The average molecular weight is 502 g/mol. The normalized spacial score (nSPS) is 18.1. The van der Waals surface area contributed by atoms with E-state index in [1.165, 1.54) is 4.31 Å². The summed E-state index contributed by atoms with van der Waals surface area (Å²) < 4.78 is 44.7. The van der Waals surface area contributed by atoms with Gasteiger partial charge >= 0.3 is 11.9 Å². The minimum Gasteiger partial charge on any atom is -0.497 e. The number of rotatable bonds is 10. The van der Waals surface area contributed by atoms with E-state index in [-0.39, 0.29) is 36.5 Å². The molecule has 9 heteroatoms. The summed E-state index contributed by atoms with van der Waals surface area (Å²) >= 11 is 0. The lowest BCUT2D eigenvalue weighted by Gasteiger charge is -2.31. The number of carbonyl (C=O) groups excluding carboxylic acids is 2. The SMILES string of the molecule is CCOC(=O)CC[C@H]1C(C(=O)OCC)=C[C@@H](c2ccc(OC)cc2)N1S(=O)(=O)c1ccc(C)cc1. The lowest BCUT2D eigenvalue weighted by Crippen LogP contribution is -2.40. The molecule has 2 atom stereocenters. The van der Waals surface area contributed by atoms with Crippen LogP contribution in [0.4, 0.5) is 0 Å². The highest BCUT2D eigenvalue weighted by Crippen LogP contribution is 2.42. The van der Waals surface area contributed by atoms with E-state index in [4.69, 9.17) is 14.2 Å². The third-order valence-electron chi connectivity index (χ3n) is 5.77. The number of carbonyl (C=O) groups is 2. The number of aryl methyl sites for hydroxylation is 1. The Bertz CT molecular complexity index is 1170. The minimum atomic E-state index is -4.07. The fourth-order valence-corrected chi connectivity index (χ4v) is 5.83. The second-order valence-electron chi connectivity index (χ2n) is 8.07. The first-order valence-corrected chi connectivity index (χ1v) is 13.0. The lowest BCUT2D eigenvalue weighted by molar-refractivity contribution is -0.144. The van der Waals surface area contributed by atoms with Gasteiger partial charge in [0.05, 0.1) is 42.9 Å². The number of esters is 2. The summed E-state index contributed by atoms with van der Waals surface area (Å²) in [5, 5.41) is 0. The van der Waals surface area contributed by atoms with Crippen molar-refractivity contribution in [2.75, 3.05) is 20.3 Å². The number of nitrogens with zero attached hydrogens (tertiary/aromatic N) is 1. The smallest absolute Gasteiger partial charge is 0.335 e. The Morgan fingerprint density at radius 3 is 2.14 bits per heavy atom. The molecule has 0 unspecified atom stereocenters. The van der Waals surface area contributed by atoms with Gasteiger partial charge in [-0.15, -0.1) is 0 Å². The van der Waals surface area contributed by atoms with Crippen LogP contribution in [0.2, 0.25) is 0 Å². The number of benzene rings is 2. The molecule has 1 aliphatic heterocycles. The lowest BCUT2D eigenvalue weighted by atomic mass is 10.0. The van der Waals surface area contributed by atoms with Gasteiger partial charge in [0.1, 0.15) is 5.75 Å². The second-order valence-corrected chi connectivity index (χ2v) is 9.91. The van der Waals surface area contributed by atoms with E-state index in [0.29, 0.717) is 11.3 Å². The van der Waals surface area contributed by atoms with Crippen molar-refractivity contribution < 1.29 is 32.2 Å². The van der Waals surface area contributed by atoms with Crippen molar-refractivity contribution in [3.63, 3.8) is 0 Å². The van der Waals surface area contributed by atoms with E-state index < -0.39 is 34.0 Å². The molecule has 1 heterocycles. The molecule has 2 aromatic carbocycles. The summed E-state index contributed by atoms with van der Waals surface area (Å²) in [4.78, 5) is 25.2. The molecule has 3 rings (SSSR count). The van der Waals surface area contributed by atoms with Crippen LogP contribution >= 0.6 is 0 Å². The maximum Gasteiger partial charge on any atom is 0.335 e. The molecule has 1 aliphatic rings. The maximum atomic E-state index is 14.0. The van der Waals surface area contributed by atoms with Gasteiger partial charge in [-0.3, -0.25) is 4.79 Å². The molecule has 8 nitrogen and oxygen atoms in total. The fraction of sp³-hybridized carbons (Fsp3) is 0.385. The van der Waals surface area contributed by atoms with Crippen molar-refractivity contribution in [2.45, 2.75) is 50.6 Å². The van der Waals surface area contributed by atoms with Crippen LogP contribution in [-0.2, 0) is 29.1 Å². The van der Waals surface area contributed by atoms with Crippen LogP contribution in [0.1, 0.15) is 43.9 Å². The number of methoxy groups -OCH3 is 1. The predicted octanol–water partition coefficient (Wildman–Crippen LogP) is 3.95. The molecule has 0 aromatic heterocycles. The van der Waals surface area contributed by atoms with Gasteiger partial charge in [-0.05, 0) is 63.1 Å². The van der Waals surface area contributed by atoms with Gasteiger partial charge < -0.3 is 14.2 Å². The monoisotopic (exact) mass is 501 g/mol. The molecule has 0 aliphatic carbocycles. The molecular weight excluding hydrogens is 470 g/mol. The van der Waals surface area contributed by atoms with E-state index in [9.17, 15) is 18.0 Å². The molecule has 0 saturated carbocycles. The maximum absolute atomic E-state index is 14.0. The first kappa shape index (κ1) is 26.4. The van der Waals surface area contributed by atoms with Gasteiger partial charge in [-0.25, -0.2) is 13.2 Å². The topological polar surface area (TPSA) is 99.2 Å². The molecule has 0 amide bonds. The Morgan fingerprint density at radius 2 is 1.57 bits per heavy atom. The predicted molar refractivity (Wildman–Crippen MR) is 130 cm³/mol. The van der Waals surface area contributed by atoms with Gasteiger partial charge in [0.2, 0.25) is 10.0 Å². The van der Waals surface area contributed by atoms with Crippen molar-refractivity contribution in [1.82, 2.24) is 4.31 Å². The second kappa shape index (κ2) is 11.5. The summed E-state index contributed by atoms with van der Waals surface area (Å²) in [5.41, 5.74) is 1.77. The quantitative estimate of drug-likeness (QED) is 0.455. The molecular formula is C26H31NO7S. The molecule has 0 radical (unpaired) electrons. The Balaban J connectivity index is 2.12. The minimum absolute atomic E-state index is 0.0511. The third-order valence-corrected chi connectivity index (χ3v) is 7.67. The largest absolute Gasteiger partial charge is 0.497 e. The zero-order valence-corrected chi connectivity index (χ0v) is 21.2. The number of hydrogen-bond donors (Lipinski definition) is 0. The van der Waals surface area contributed by atoms with Crippen molar-refractivity contribution in [2.24, 2.45) is 0 Å². The van der Waals surface area contributed by atoms with Crippen LogP contribution in [0.15, 0.2) is 65.1 Å². The third kappa shape index (κ3) is 5.91. The van der Waals surface area contributed by atoms with Crippen molar-refractivity contribution in [1.29, 1.82) is 0 Å². The van der Waals surface area contributed by atoms with Crippen molar-refractivity contribution in [3.8, 4) is 5.75 Å². The summed E-state index contributed by atoms with van der Waals surface area (Å²) in [6, 6.07) is 11.8. The molecule has 0 spiro atoms. The Labute approximate surface area is 206 Å². The summed E-state index contributed by atoms with van der Waals surface area (Å²) in [6.07, 6.45) is 1.63. The number of hydrogen-bond acceptors (Lipinski definition) is 7. The first-order chi connectivity index (χ1) is 16.7. The van der Waals surface area contributed by atoms with Crippen LogP contribution in [0.5, 0.6) is 5.75 Å². The van der Waals surface area contributed by atoms with Gasteiger partial charge in [-0.1, -0.05) is 29.8 Å². The Morgan fingerprint density at radius 1 is 0.943 bits per heavy atom. The molecule has 0 N–H and O–H groups in total. The highest BCUT2D eigenvalue weighted by atomic mass is 32.2. The van der Waals surface area contributed by atoms with Crippen LogP contribution in [0, 0.1) is 6.92 Å². The molecule has 2 aromatic rings. The van der Waals surface area contributed by atoms with E-state index in [1.807, 2.05) is 6.92 Å². The number of ether oxygens (including phenoxy) is 3. The summed E-state index contributed by atoms with van der Waals surface area (Å²) in [7, 11) is -2.52. The Kier molecular flexibility index (Phi) is 8.69. The van der Waals surface area contributed by atoms with Gasteiger partial charge in [0.15, 0.2) is 0 Å². The zero-order valence-electron chi connectivity index (χ0n) is 20.4. The van der Waals surface area contributed by atoms with E-state index in [2.05, 4.69) is 0 Å². The zero-order chi connectivity index (χ0) is 25.6. The molecule has 0 bridgehead atoms. The molecule has 35 heavy (non-hydrogen) atoms. The van der Waals surface area contributed by atoms with E-state index in [0.717, 1.165) is 5.56 Å². The first-order valence-electron chi connectivity index (χ1n) is 11.5. The highest BCUT2D eigenvalue weighted by Gasteiger charge is 2.46. The van der Waals surface area contributed by atoms with Crippen molar-refractivity contribution in [3.05, 3.63) is 71.3 Å². The van der Waals surface area contributed by atoms with Gasteiger partial charge in [0, 0.05) is 6.42 Å². The fourth-order valence-electron chi connectivity index (χ4n) is 4.07. The summed E-state index contributed by atoms with van der Waals surface area (Å²) in [6.45, 7) is 5.60. The molecule has 0 saturated heterocycles. The Hall–Kier alpha value is -3.17. The van der Waals surface area contributed by atoms with E-state index >= 15 is 0 Å². The van der Waals surface area contributed by atoms with Crippen LogP contribution in [-0.4, -0.2) is 51.0 Å². The molecule has 188 valence electrons. The number of sulfonamides is 1.